The van der Waals surface area contributed by atoms with Crippen molar-refractivity contribution in [2.24, 2.45) is 5.92 Å². The smallest absolute Gasteiger partial charge is 0.308 e. The van der Waals surface area contributed by atoms with E-state index in [1.165, 1.54) is 6.92 Å². The van der Waals surface area contributed by atoms with Gasteiger partial charge in [-0.05, 0) is 35.7 Å². The molecule has 1 aliphatic rings. The van der Waals surface area contributed by atoms with Crippen molar-refractivity contribution < 1.29 is 19.7 Å². The summed E-state index contributed by atoms with van der Waals surface area (Å²) in [5.74, 6) is 0.318. The number of aliphatic hydroxyl groups is 1. The Morgan fingerprint density at radius 2 is 1.65 bits per heavy atom. The Morgan fingerprint density at radius 3 is 2.08 bits per heavy atom. The summed E-state index contributed by atoms with van der Waals surface area (Å²) >= 11 is 0. The lowest BCUT2D eigenvalue weighted by atomic mass is 9.74. The summed E-state index contributed by atoms with van der Waals surface area (Å²) in [6.45, 7) is 13.5. The molecule has 0 spiro atoms. The normalized spacial score (nSPS) is 17.4. The maximum atomic E-state index is 11.8. The van der Waals surface area contributed by atoms with E-state index in [1.54, 1.807) is 6.07 Å². The Bertz CT molecular complexity index is 671. The number of hydrogen-bond acceptors (Lipinski definition) is 4. The second-order valence-electron chi connectivity index (χ2n) is 9.64. The van der Waals surface area contributed by atoms with Gasteiger partial charge in [0.05, 0.1) is 6.10 Å². The van der Waals surface area contributed by atoms with Crippen molar-refractivity contribution in [3.63, 3.8) is 0 Å². The third kappa shape index (κ3) is 4.22. The van der Waals surface area contributed by atoms with E-state index >= 15 is 0 Å². The molecule has 0 saturated heterocycles. The van der Waals surface area contributed by atoms with Crippen LogP contribution in [-0.4, -0.2) is 16.2 Å². The van der Waals surface area contributed by atoms with Gasteiger partial charge in [0.2, 0.25) is 0 Å². The van der Waals surface area contributed by atoms with E-state index in [0.29, 0.717) is 11.3 Å². The SMILES string of the molecule is CC(=O)Oc1c(C(C)(C)C)cc(O)c(C(O)C2CCCC2)c1C(C)(C)C. The van der Waals surface area contributed by atoms with Crippen LogP contribution in [0, 0.1) is 5.92 Å². The van der Waals surface area contributed by atoms with Crippen molar-refractivity contribution in [2.75, 3.05) is 0 Å². The van der Waals surface area contributed by atoms with Gasteiger partial charge in [-0.25, -0.2) is 0 Å². The minimum Gasteiger partial charge on any atom is -0.508 e. The van der Waals surface area contributed by atoms with Gasteiger partial charge in [0.25, 0.3) is 0 Å². The van der Waals surface area contributed by atoms with Gasteiger partial charge in [-0.15, -0.1) is 0 Å². The van der Waals surface area contributed by atoms with Gasteiger partial charge in [-0.3, -0.25) is 4.79 Å². The molecule has 1 aromatic carbocycles. The van der Waals surface area contributed by atoms with Crippen molar-refractivity contribution in [3.8, 4) is 11.5 Å². The zero-order valence-corrected chi connectivity index (χ0v) is 17.3. The molecule has 0 bridgehead atoms. The van der Waals surface area contributed by atoms with Crippen LogP contribution in [0.3, 0.4) is 0 Å². The number of carbonyl (C=O) groups excluding carboxylic acids is 1. The molecule has 1 saturated carbocycles. The van der Waals surface area contributed by atoms with E-state index in [2.05, 4.69) is 0 Å². The maximum absolute atomic E-state index is 11.8. The number of phenolic OH excluding ortho intramolecular Hbond substituents is 1. The predicted octanol–water partition coefficient (Wildman–Crippen LogP) is 5.14. The lowest BCUT2D eigenvalue weighted by Crippen LogP contribution is -2.25. The number of carbonyl (C=O) groups is 1. The zero-order chi connectivity index (χ0) is 19.9. The van der Waals surface area contributed by atoms with E-state index in [1.807, 2.05) is 41.5 Å². The van der Waals surface area contributed by atoms with Crippen LogP contribution >= 0.6 is 0 Å². The quantitative estimate of drug-likeness (QED) is 0.577. The van der Waals surface area contributed by atoms with Gasteiger partial charge >= 0.3 is 5.97 Å². The number of aliphatic hydroxyl groups excluding tert-OH is 1. The molecule has 1 aromatic rings. The van der Waals surface area contributed by atoms with Crippen LogP contribution < -0.4 is 4.74 Å². The van der Waals surface area contributed by atoms with Crippen LogP contribution in [0.15, 0.2) is 6.07 Å². The molecule has 1 aliphatic carbocycles. The van der Waals surface area contributed by atoms with Crippen LogP contribution in [0.1, 0.15) is 96.9 Å². The Hall–Kier alpha value is -1.55. The molecule has 1 atom stereocenters. The minimum atomic E-state index is -0.755. The molecular weight excluding hydrogens is 328 g/mol. The van der Waals surface area contributed by atoms with Gasteiger partial charge in [-0.2, -0.15) is 0 Å². The standard InChI is InChI=1S/C22H34O4/c1-13(23)26-20-15(21(2,3)4)12-16(24)17(18(20)22(5,6)7)19(25)14-10-8-9-11-14/h12,14,19,24-25H,8-11H2,1-7H3. The van der Waals surface area contributed by atoms with Gasteiger partial charge in [-0.1, -0.05) is 54.4 Å². The molecule has 2 rings (SSSR count). The first-order valence-electron chi connectivity index (χ1n) is 9.61. The summed E-state index contributed by atoms with van der Waals surface area (Å²) in [6.07, 6.45) is 3.35. The Balaban J connectivity index is 2.80. The molecule has 146 valence electrons. The van der Waals surface area contributed by atoms with Gasteiger partial charge in [0, 0.05) is 23.6 Å². The molecule has 4 heteroatoms. The van der Waals surface area contributed by atoms with Crippen LogP contribution in [0.25, 0.3) is 0 Å². The number of ether oxygens (including phenoxy) is 1. The molecule has 0 heterocycles. The van der Waals surface area contributed by atoms with E-state index in [0.717, 1.165) is 36.8 Å². The summed E-state index contributed by atoms with van der Waals surface area (Å²) in [5.41, 5.74) is 1.31. The fourth-order valence-electron chi connectivity index (χ4n) is 4.02. The highest BCUT2D eigenvalue weighted by molar-refractivity contribution is 5.72. The molecular formula is C22H34O4. The average molecular weight is 363 g/mol. The summed E-state index contributed by atoms with van der Waals surface area (Å²) in [7, 11) is 0. The van der Waals surface area contributed by atoms with Crippen molar-refractivity contribution in [2.45, 2.75) is 91.1 Å². The molecule has 1 fully saturated rings. The fourth-order valence-corrected chi connectivity index (χ4v) is 4.02. The fraction of sp³-hybridized carbons (Fsp3) is 0.682. The number of rotatable bonds is 3. The van der Waals surface area contributed by atoms with Crippen LogP contribution in [0.2, 0.25) is 0 Å². The third-order valence-electron chi connectivity index (χ3n) is 5.24. The molecule has 0 radical (unpaired) electrons. The molecule has 1 unspecified atom stereocenters. The Morgan fingerprint density at radius 1 is 1.12 bits per heavy atom. The van der Waals surface area contributed by atoms with Crippen LogP contribution in [-0.2, 0) is 15.6 Å². The lowest BCUT2D eigenvalue weighted by molar-refractivity contribution is -0.132. The maximum Gasteiger partial charge on any atom is 0.308 e. The Kier molecular flexibility index (Phi) is 5.77. The molecule has 4 nitrogen and oxygen atoms in total. The van der Waals surface area contributed by atoms with Crippen molar-refractivity contribution in [1.82, 2.24) is 0 Å². The van der Waals surface area contributed by atoms with Crippen molar-refractivity contribution >= 4 is 5.97 Å². The molecule has 0 amide bonds. The largest absolute Gasteiger partial charge is 0.508 e. The second kappa shape index (κ2) is 7.22. The highest BCUT2D eigenvalue weighted by Gasteiger charge is 2.37. The number of esters is 1. The average Bonchev–Trinajstić information content (AvgIpc) is 2.98. The monoisotopic (exact) mass is 362 g/mol. The predicted molar refractivity (Wildman–Crippen MR) is 104 cm³/mol. The number of aromatic hydroxyl groups is 1. The summed E-state index contributed by atoms with van der Waals surface area (Å²) in [5, 5.41) is 22.0. The van der Waals surface area contributed by atoms with Gasteiger partial charge in [0.15, 0.2) is 0 Å². The highest BCUT2D eigenvalue weighted by Crippen LogP contribution is 2.50. The van der Waals surface area contributed by atoms with E-state index in [4.69, 9.17) is 4.74 Å². The number of benzene rings is 1. The van der Waals surface area contributed by atoms with Crippen LogP contribution in [0.5, 0.6) is 11.5 Å². The van der Waals surface area contributed by atoms with Gasteiger partial charge in [0.1, 0.15) is 11.5 Å². The summed E-state index contributed by atoms with van der Waals surface area (Å²) in [6, 6.07) is 1.67. The number of hydrogen-bond donors (Lipinski definition) is 2. The number of phenols is 1. The van der Waals surface area contributed by atoms with E-state index in [-0.39, 0.29) is 17.1 Å². The zero-order valence-electron chi connectivity index (χ0n) is 17.3. The van der Waals surface area contributed by atoms with Gasteiger partial charge < -0.3 is 14.9 Å². The highest BCUT2D eigenvalue weighted by atomic mass is 16.5. The first kappa shape index (κ1) is 20.8. The molecule has 0 aromatic heterocycles. The minimum absolute atomic E-state index is 0.0927. The topological polar surface area (TPSA) is 66.8 Å². The third-order valence-corrected chi connectivity index (χ3v) is 5.24. The van der Waals surface area contributed by atoms with Crippen molar-refractivity contribution in [3.05, 3.63) is 22.8 Å². The van der Waals surface area contributed by atoms with E-state index < -0.39 is 17.5 Å². The lowest BCUT2D eigenvalue weighted by Gasteiger charge is -2.34. The summed E-state index contributed by atoms with van der Waals surface area (Å²) in [4.78, 5) is 11.8. The summed E-state index contributed by atoms with van der Waals surface area (Å²) < 4.78 is 5.68. The molecule has 26 heavy (non-hydrogen) atoms. The molecule has 0 aliphatic heterocycles. The first-order valence-corrected chi connectivity index (χ1v) is 9.61. The Labute approximate surface area is 157 Å². The molecule has 2 N–H and O–H groups in total. The first-order chi connectivity index (χ1) is 11.8. The van der Waals surface area contributed by atoms with Crippen molar-refractivity contribution in [1.29, 1.82) is 0 Å². The second-order valence-corrected chi connectivity index (χ2v) is 9.64. The van der Waals surface area contributed by atoms with E-state index in [9.17, 15) is 15.0 Å². The van der Waals surface area contributed by atoms with Crippen LogP contribution in [0.4, 0.5) is 0 Å².